The molecule has 1 amide bonds. The number of likely N-dealkylation sites (tertiary alicyclic amines) is 2. The molecule has 120 valence electrons. The number of fused-ring (bicyclic) bond motifs is 1. The van der Waals surface area contributed by atoms with Crippen molar-refractivity contribution in [3.05, 3.63) is 11.1 Å². The van der Waals surface area contributed by atoms with Gasteiger partial charge in [-0.1, -0.05) is 0 Å². The van der Waals surface area contributed by atoms with Crippen LogP contribution in [0, 0.1) is 11.3 Å². The van der Waals surface area contributed by atoms with E-state index in [0.29, 0.717) is 31.9 Å². The molecule has 2 saturated heterocycles. The average Bonchev–Trinajstić information content (AvgIpc) is 3.08. The number of aromatic nitrogens is 3. The number of carbonyl (C=O) groups is 2. The molecule has 0 bridgehead atoms. The molecule has 0 aliphatic carbocycles. The predicted octanol–water partition coefficient (Wildman–Crippen LogP) is -0.134. The standard InChI is InChI=1S/C13H18ClN5O3/c1-18-4-8-5-19(7-13(8,6-18)11(21)22)10(20)3-2-9-15-12(14)17-16-9/h8H,2-7H2,1H3,(H,21,22)(H,15,16,17)/t8-,13-/m1/s1. The van der Waals surface area contributed by atoms with Gasteiger partial charge in [-0.25, -0.2) is 4.98 Å². The van der Waals surface area contributed by atoms with Gasteiger partial charge in [0.25, 0.3) is 0 Å². The summed E-state index contributed by atoms with van der Waals surface area (Å²) in [4.78, 5) is 31.7. The molecule has 2 aliphatic heterocycles. The van der Waals surface area contributed by atoms with Crippen LogP contribution in [0.5, 0.6) is 0 Å². The van der Waals surface area contributed by atoms with E-state index in [-0.39, 0.29) is 30.1 Å². The lowest BCUT2D eigenvalue weighted by Crippen LogP contribution is -2.41. The first-order chi connectivity index (χ1) is 10.4. The van der Waals surface area contributed by atoms with E-state index in [2.05, 4.69) is 15.2 Å². The number of carboxylic acids is 1. The molecule has 0 aromatic carbocycles. The van der Waals surface area contributed by atoms with Crippen LogP contribution in [0.15, 0.2) is 0 Å². The number of amides is 1. The van der Waals surface area contributed by atoms with Crippen molar-refractivity contribution in [2.75, 3.05) is 33.2 Å². The van der Waals surface area contributed by atoms with Crippen LogP contribution in [0.2, 0.25) is 5.28 Å². The zero-order chi connectivity index (χ0) is 15.9. The molecule has 2 N–H and O–H groups in total. The van der Waals surface area contributed by atoms with Crippen molar-refractivity contribution in [3.63, 3.8) is 0 Å². The number of aromatic amines is 1. The smallest absolute Gasteiger partial charge is 0.313 e. The highest BCUT2D eigenvalue weighted by Gasteiger charge is 2.57. The number of carboxylic acid groups (broad SMARTS) is 1. The van der Waals surface area contributed by atoms with Crippen molar-refractivity contribution >= 4 is 23.5 Å². The fourth-order valence-corrected chi connectivity index (χ4v) is 3.72. The first kappa shape index (κ1) is 15.2. The third-order valence-electron chi connectivity index (χ3n) is 4.64. The van der Waals surface area contributed by atoms with Gasteiger partial charge >= 0.3 is 5.97 Å². The van der Waals surface area contributed by atoms with E-state index in [4.69, 9.17) is 11.6 Å². The molecule has 2 fully saturated rings. The molecule has 2 aliphatic rings. The van der Waals surface area contributed by atoms with E-state index in [1.165, 1.54) is 0 Å². The minimum atomic E-state index is -0.819. The van der Waals surface area contributed by atoms with Gasteiger partial charge in [0, 0.05) is 44.9 Å². The van der Waals surface area contributed by atoms with Crippen LogP contribution in [0.25, 0.3) is 0 Å². The third kappa shape index (κ3) is 2.56. The largest absolute Gasteiger partial charge is 0.481 e. The fourth-order valence-electron chi connectivity index (χ4n) is 3.58. The lowest BCUT2D eigenvalue weighted by molar-refractivity contribution is -0.149. The second kappa shape index (κ2) is 5.51. The second-order valence-corrected chi connectivity index (χ2v) is 6.52. The molecule has 0 radical (unpaired) electrons. The van der Waals surface area contributed by atoms with Crippen molar-refractivity contribution in [1.29, 1.82) is 0 Å². The van der Waals surface area contributed by atoms with Crippen molar-refractivity contribution in [2.24, 2.45) is 11.3 Å². The van der Waals surface area contributed by atoms with Gasteiger partial charge in [0.1, 0.15) is 11.2 Å². The Kier molecular flexibility index (Phi) is 3.82. The molecule has 0 saturated carbocycles. The summed E-state index contributed by atoms with van der Waals surface area (Å²) in [7, 11) is 1.92. The Morgan fingerprint density at radius 2 is 2.23 bits per heavy atom. The Hall–Kier alpha value is -1.67. The summed E-state index contributed by atoms with van der Waals surface area (Å²) in [6.45, 7) is 2.00. The SMILES string of the molecule is CN1C[C@@H]2CN(C(=O)CCc3nc(Cl)n[nH]3)C[C@]2(C(=O)O)C1. The molecule has 22 heavy (non-hydrogen) atoms. The quantitative estimate of drug-likeness (QED) is 0.798. The maximum atomic E-state index is 12.3. The number of H-pyrrole nitrogens is 1. The van der Waals surface area contributed by atoms with Crippen LogP contribution in [-0.4, -0.2) is 75.2 Å². The van der Waals surface area contributed by atoms with Crippen LogP contribution < -0.4 is 0 Å². The van der Waals surface area contributed by atoms with Crippen LogP contribution in [0.4, 0.5) is 0 Å². The topological polar surface area (TPSA) is 102 Å². The third-order valence-corrected chi connectivity index (χ3v) is 4.81. The van der Waals surface area contributed by atoms with Gasteiger partial charge in [-0.2, -0.15) is 0 Å². The number of aliphatic carboxylic acids is 1. The molecule has 2 atom stereocenters. The summed E-state index contributed by atoms with van der Waals surface area (Å²) < 4.78 is 0. The maximum Gasteiger partial charge on any atom is 0.313 e. The van der Waals surface area contributed by atoms with E-state index < -0.39 is 11.4 Å². The van der Waals surface area contributed by atoms with E-state index in [1.54, 1.807) is 4.90 Å². The number of nitrogens with zero attached hydrogens (tertiary/aromatic N) is 4. The number of carbonyl (C=O) groups excluding carboxylic acids is 1. The second-order valence-electron chi connectivity index (χ2n) is 6.18. The van der Waals surface area contributed by atoms with E-state index >= 15 is 0 Å². The summed E-state index contributed by atoms with van der Waals surface area (Å²) in [6, 6.07) is 0. The van der Waals surface area contributed by atoms with Crippen molar-refractivity contribution in [1.82, 2.24) is 25.0 Å². The molecule has 1 aromatic rings. The number of halogens is 1. The molecular formula is C13H18ClN5O3. The van der Waals surface area contributed by atoms with Gasteiger partial charge in [0.2, 0.25) is 11.2 Å². The summed E-state index contributed by atoms with van der Waals surface area (Å²) >= 11 is 5.62. The van der Waals surface area contributed by atoms with Gasteiger partial charge in [-0.3, -0.25) is 14.7 Å². The van der Waals surface area contributed by atoms with Gasteiger partial charge in [0.05, 0.1) is 0 Å². The van der Waals surface area contributed by atoms with Gasteiger partial charge in [0.15, 0.2) is 0 Å². The number of rotatable bonds is 4. The van der Waals surface area contributed by atoms with E-state index in [9.17, 15) is 14.7 Å². The fraction of sp³-hybridized carbons (Fsp3) is 0.692. The highest BCUT2D eigenvalue weighted by molar-refractivity contribution is 6.28. The molecule has 8 nitrogen and oxygen atoms in total. The summed E-state index contributed by atoms with van der Waals surface area (Å²) in [5.41, 5.74) is -0.819. The Bertz CT molecular complexity index is 606. The van der Waals surface area contributed by atoms with Crippen molar-refractivity contribution in [3.8, 4) is 0 Å². The van der Waals surface area contributed by atoms with Crippen molar-refractivity contribution < 1.29 is 14.7 Å². The highest BCUT2D eigenvalue weighted by Crippen LogP contribution is 2.42. The summed E-state index contributed by atoms with van der Waals surface area (Å²) in [5.74, 6) is -0.298. The first-order valence-corrected chi connectivity index (χ1v) is 7.55. The van der Waals surface area contributed by atoms with Crippen LogP contribution >= 0.6 is 11.6 Å². The molecule has 3 heterocycles. The predicted molar refractivity (Wildman–Crippen MR) is 77.3 cm³/mol. The Balaban J connectivity index is 1.62. The van der Waals surface area contributed by atoms with Gasteiger partial charge < -0.3 is 14.9 Å². The Morgan fingerprint density at radius 1 is 1.45 bits per heavy atom. The van der Waals surface area contributed by atoms with Gasteiger partial charge in [-0.15, -0.1) is 5.10 Å². The first-order valence-electron chi connectivity index (χ1n) is 7.17. The molecule has 9 heteroatoms. The van der Waals surface area contributed by atoms with Crippen molar-refractivity contribution in [2.45, 2.75) is 12.8 Å². The maximum absolute atomic E-state index is 12.3. The van der Waals surface area contributed by atoms with Crippen LogP contribution in [-0.2, 0) is 16.0 Å². The van der Waals surface area contributed by atoms with Crippen LogP contribution in [0.3, 0.4) is 0 Å². The summed E-state index contributed by atoms with van der Waals surface area (Å²) in [5, 5.41) is 16.1. The zero-order valence-corrected chi connectivity index (χ0v) is 13.0. The Labute approximate surface area is 132 Å². The highest BCUT2D eigenvalue weighted by atomic mass is 35.5. The number of nitrogens with one attached hydrogen (secondary N) is 1. The average molecular weight is 328 g/mol. The number of hydrogen-bond acceptors (Lipinski definition) is 5. The number of aryl methyl sites for hydroxylation is 1. The van der Waals surface area contributed by atoms with Crippen LogP contribution in [0.1, 0.15) is 12.2 Å². The molecule has 3 rings (SSSR count). The zero-order valence-electron chi connectivity index (χ0n) is 12.3. The summed E-state index contributed by atoms with van der Waals surface area (Å²) in [6.07, 6.45) is 0.684. The lowest BCUT2D eigenvalue weighted by atomic mass is 9.81. The molecule has 1 aromatic heterocycles. The molecule has 0 unspecified atom stereocenters. The minimum Gasteiger partial charge on any atom is -0.481 e. The minimum absolute atomic E-state index is 0.00123. The normalized spacial score (nSPS) is 28.1. The lowest BCUT2D eigenvalue weighted by Gasteiger charge is -2.24. The van der Waals surface area contributed by atoms with Gasteiger partial charge in [-0.05, 0) is 18.6 Å². The Morgan fingerprint density at radius 3 is 2.82 bits per heavy atom. The molecule has 0 spiro atoms. The van der Waals surface area contributed by atoms with E-state index in [1.807, 2.05) is 11.9 Å². The number of hydrogen-bond donors (Lipinski definition) is 2. The van der Waals surface area contributed by atoms with E-state index in [0.717, 1.165) is 0 Å². The monoisotopic (exact) mass is 327 g/mol. The molecular weight excluding hydrogens is 310 g/mol.